The second-order valence-corrected chi connectivity index (χ2v) is 3.71. The summed E-state index contributed by atoms with van der Waals surface area (Å²) in [6.07, 6.45) is 1.79. The number of nitrogens with one attached hydrogen (secondary N) is 1. The average molecular weight is 278 g/mol. The van der Waals surface area contributed by atoms with Gasteiger partial charge in [-0.2, -0.15) is 4.98 Å². The third-order valence-electron chi connectivity index (χ3n) is 1.70. The minimum atomic E-state index is -0.0856. The summed E-state index contributed by atoms with van der Waals surface area (Å²) in [5.41, 5.74) is 1.68. The van der Waals surface area contributed by atoms with Crippen LogP contribution in [-0.2, 0) is 6.42 Å². The van der Waals surface area contributed by atoms with Crippen LogP contribution in [0.1, 0.15) is 24.6 Å². The van der Waals surface area contributed by atoms with Gasteiger partial charge in [0.15, 0.2) is 3.83 Å². The van der Waals surface area contributed by atoms with Gasteiger partial charge in [0.2, 0.25) is 0 Å². The van der Waals surface area contributed by atoms with Gasteiger partial charge < -0.3 is 4.98 Å². The van der Waals surface area contributed by atoms with Crippen molar-refractivity contribution in [2.75, 3.05) is 0 Å². The van der Waals surface area contributed by atoms with Gasteiger partial charge in [-0.25, -0.2) is 0 Å². The van der Waals surface area contributed by atoms with Gasteiger partial charge in [-0.15, -0.1) is 0 Å². The van der Waals surface area contributed by atoms with Crippen molar-refractivity contribution in [1.82, 2.24) is 9.97 Å². The van der Waals surface area contributed by atoms with Crippen molar-refractivity contribution in [2.24, 2.45) is 0 Å². The molecule has 0 unspecified atom stereocenters. The Morgan fingerprint density at radius 3 is 2.75 bits per heavy atom. The molecule has 1 heterocycles. The van der Waals surface area contributed by atoms with Crippen LogP contribution in [0.2, 0.25) is 0 Å². The maximum Gasteiger partial charge on any atom is 0.277 e. The van der Waals surface area contributed by atoms with Crippen LogP contribution in [-0.4, -0.2) is 9.97 Å². The maximum absolute atomic E-state index is 11.3. The van der Waals surface area contributed by atoms with Crippen molar-refractivity contribution >= 4 is 22.6 Å². The molecule has 0 saturated heterocycles. The van der Waals surface area contributed by atoms with Gasteiger partial charge in [0.1, 0.15) is 0 Å². The number of hydrogen-bond donors (Lipinski definition) is 1. The van der Waals surface area contributed by atoms with E-state index in [1.54, 1.807) is 0 Å². The molecule has 4 heteroatoms. The van der Waals surface area contributed by atoms with Crippen LogP contribution in [0.3, 0.4) is 0 Å². The van der Waals surface area contributed by atoms with E-state index in [1.807, 2.05) is 29.5 Å². The zero-order valence-electron chi connectivity index (χ0n) is 7.15. The van der Waals surface area contributed by atoms with Crippen LogP contribution >= 0.6 is 22.6 Å². The number of aromatic nitrogens is 2. The van der Waals surface area contributed by atoms with E-state index in [4.69, 9.17) is 0 Å². The van der Waals surface area contributed by atoms with E-state index in [0.29, 0.717) is 3.83 Å². The SMILES string of the molecule is CCCc1c(C)[nH]c(I)nc1=O. The fourth-order valence-corrected chi connectivity index (χ4v) is 1.74. The summed E-state index contributed by atoms with van der Waals surface area (Å²) in [5.74, 6) is 0. The topological polar surface area (TPSA) is 45.8 Å². The Labute approximate surface area is 84.8 Å². The van der Waals surface area contributed by atoms with Gasteiger partial charge in [-0.3, -0.25) is 4.79 Å². The highest BCUT2D eigenvalue weighted by molar-refractivity contribution is 14.1. The Morgan fingerprint density at radius 2 is 2.25 bits per heavy atom. The van der Waals surface area contributed by atoms with E-state index >= 15 is 0 Å². The first-order valence-corrected chi connectivity index (χ1v) is 4.98. The van der Waals surface area contributed by atoms with E-state index < -0.39 is 0 Å². The Hall–Kier alpha value is -0.390. The predicted molar refractivity (Wildman–Crippen MR) is 56.3 cm³/mol. The van der Waals surface area contributed by atoms with Gasteiger partial charge in [0.05, 0.1) is 0 Å². The second kappa shape index (κ2) is 4.02. The van der Waals surface area contributed by atoms with Crippen LogP contribution in [0.25, 0.3) is 0 Å². The highest BCUT2D eigenvalue weighted by atomic mass is 127. The number of halogens is 1. The number of H-pyrrole nitrogens is 1. The molecule has 3 nitrogen and oxygen atoms in total. The van der Waals surface area contributed by atoms with E-state index in [2.05, 4.69) is 16.9 Å². The number of aryl methyl sites for hydroxylation is 1. The molecule has 0 bridgehead atoms. The van der Waals surface area contributed by atoms with Crippen LogP contribution in [0.4, 0.5) is 0 Å². The van der Waals surface area contributed by atoms with Crippen molar-refractivity contribution in [3.05, 3.63) is 25.4 Å². The number of aromatic amines is 1. The van der Waals surface area contributed by atoms with Gasteiger partial charge in [-0.1, -0.05) is 13.3 Å². The molecule has 1 aromatic heterocycles. The van der Waals surface area contributed by atoms with Gasteiger partial charge in [0, 0.05) is 11.3 Å². The van der Waals surface area contributed by atoms with E-state index in [9.17, 15) is 4.79 Å². The molecule has 0 radical (unpaired) electrons. The standard InChI is InChI=1S/C8H11IN2O/c1-3-4-6-5(2)10-8(9)11-7(6)12/h3-4H2,1-2H3,(H,10,11,12). The zero-order chi connectivity index (χ0) is 9.14. The maximum atomic E-state index is 11.3. The molecule has 0 fully saturated rings. The largest absolute Gasteiger partial charge is 0.338 e. The summed E-state index contributed by atoms with van der Waals surface area (Å²) in [4.78, 5) is 18.2. The molecule has 1 rings (SSSR count). The fourth-order valence-electron chi connectivity index (χ4n) is 1.12. The molecule has 66 valence electrons. The highest BCUT2D eigenvalue weighted by Gasteiger charge is 2.04. The zero-order valence-corrected chi connectivity index (χ0v) is 9.31. The quantitative estimate of drug-likeness (QED) is 0.660. The number of nitrogens with zero attached hydrogens (tertiary/aromatic N) is 1. The Bertz CT molecular complexity index is 332. The molecular weight excluding hydrogens is 267 g/mol. The average Bonchev–Trinajstić information content (AvgIpc) is 1.96. The van der Waals surface area contributed by atoms with Crippen LogP contribution in [0, 0.1) is 10.8 Å². The first-order chi connectivity index (χ1) is 5.65. The van der Waals surface area contributed by atoms with Crippen molar-refractivity contribution in [3.8, 4) is 0 Å². The smallest absolute Gasteiger partial charge is 0.277 e. The molecule has 0 aliphatic carbocycles. The van der Waals surface area contributed by atoms with Crippen molar-refractivity contribution in [3.63, 3.8) is 0 Å². The second-order valence-electron chi connectivity index (χ2n) is 2.69. The van der Waals surface area contributed by atoms with Gasteiger partial charge >= 0.3 is 0 Å². The lowest BCUT2D eigenvalue weighted by Crippen LogP contribution is -2.17. The van der Waals surface area contributed by atoms with Crippen LogP contribution in [0.5, 0.6) is 0 Å². The predicted octanol–water partition coefficient (Wildman–Crippen LogP) is 1.64. The van der Waals surface area contributed by atoms with Crippen molar-refractivity contribution in [2.45, 2.75) is 26.7 Å². The van der Waals surface area contributed by atoms with E-state index in [1.165, 1.54) is 0 Å². The van der Waals surface area contributed by atoms with Crippen LogP contribution in [0.15, 0.2) is 4.79 Å². The Morgan fingerprint density at radius 1 is 1.58 bits per heavy atom. The summed E-state index contributed by atoms with van der Waals surface area (Å²) in [6, 6.07) is 0. The summed E-state index contributed by atoms with van der Waals surface area (Å²) in [5, 5.41) is 0. The lowest BCUT2D eigenvalue weighted by Gasteiger charge is -2.02. The molecular formula is C8H11IN2O. The lowest BCUT2D eigenvalue weighted by atomic mass is 10.1. The van der Waals surface area contributed by atoms with Gasteiger partial charge in [-0.05, 0) is 35.9 Å². The molecule has 1 N–H and O–H groups in total. The molecule has 0 amide bonds. The monoisotopic (exact) mass is 278 g/mol. The molecule has 0 aliphatic rings. The lowest BCUT2D eigenvalue weighted by molar-refractivity contribution is 0.855. The molecule has 0 saturated carbocycles. The fraction of sp³-hybridized carbons (Fsp3) is 0.500. The molecule has 0 spiro atoms. The van der Waals surface area contributed by atoms with Crippen molar-refractivity contribution in [1.29, 1.82) is 0 Å². The molecule has 0 aromatic carbocycles. The van der Waals surface area contributed by atoms with E-state index in [-0.39, 0.29) is 5.56 Å². The van der Waals surface area contributed by atoms with Crippen molar-refractivity contribution < 1.29 is 0 Å². The molecule has 0 atom stereocenters. The first kappa shape index (κ1) is 9.70. The third-order valence-corrected chi connectivity index (χ3v) is 2.21. The minimum absolute atomic E-state index is 0.0856. The highest BCUT2D eigenvalue weighted by Crippen LogP contribution is 2.03. The molecule has 12 heavy (non-hydrogen) atoms. The minimum Gasteiger partial charge on any atom is -0.338 e. The number of hydrogen-bond acceptors (Lipinski definition) is 2. The third kappa shape index (κ3) is 2.06. The number of rotatable bonds is 2. The normalized spacial score (nSPS) is 10.2. The summed E-state index contributed by atoms with van der Waals surface area (Å²) >= 11 is 2.01. The van der Waals surface area contributed by atoms with Crippen LogP contribution < -0.4 is 5.56 Å². The summed E-state index contributed by atoms with van der Waals surface area (Å²) < 4.78 is 0.662. The van der Waals surface area contributed by atoms with Gasteiger partial charge in [0.25, 0.3) is 5.56 Å². The Balaban J connectivity index is 3.19. The molecule has 1 aromatic rings. The Kier molecular flexibility index (Phi) is 3.25. The van der Waals surface area contributed by atoms with E-state index in [0.717, 1.165) is 24.1 Å². The molecule has 0 aliphatic heterocycles. The first-order valence-electron chi connectivity index (χ1n) is 3.90. The summed E-state index contributed by atoms with van der Waals surface area (Å²) in [7, 11) is 0. The summed E-state index contributed by atoms with van der Waals surface area (Å²) in [6.45, 7) is 3.97.